The Morgan fingerprint density at radius 3 is 3.29 bits per heavy atom. The zero-order valence-electron chi connectivity index (χ0n) is 11.2. The van der Waals surface area contributed by atoms with Gasteiger partial charge in [0.1, 0.15) is 24.4 Å². The molecule has 0 amide bonds. The van der Waals surface area contributed by atoms with Crippen LogP contribution in [0.25, 0.3) is 11.3 Å². The molecular weight excluding hydrogens is 294 g/mol. The smallest absolute Gasteiger partial charge is 0.211 e. The van der Waals surface area contributed by atoms with Gasteiger partial charge >= 0.3 is 0 Å². The molecule has 1 aliphatic heterocycles. The number of fused-ring (bicyclic) bond motifs is 3. The van der Waals surface area contributed by atoms with Gasteiger partial charge in [0.25, 0.3) is 0 Å². The SMILES string of the molecule is COCOc1ccc2c(c1)-c1nc(/N=C/NO)sc1CO2. The van der Waals surface area contributed by atoms with Crippen LogP contribution in [-0.4, -0.2) is 30.4 Å². The number of hydroxylamine groups is 1. The van der Waals surface area contributed by atoms with Crippen molar-refractivity contribution in [3.8, 4) is 22.8 Å². The van der Waals surface area contributed by atoms with E-state index in [1.807, 2.05) is 23.7 Å². The number of benzene rings is 1. The number of rotatable bonds is 5. The van der Waals surface area contributed by atoms with Crippen LogP contribution in [0.3, 0.4) is 0 Å². The molecule has 3 rings (SSSR count). The molecule has 0 bridgehead atoms. The fraction of sp³-hybridized carbons (Fsp3) is 0.231. The van der Waals surface area contributed by atoms with Crippen LogP contribution in [0.15, 0.2) is 23.2 Å². The maximum absolute atomic E-state index is 8.53. The zero-order chi connectivity index (χ0) is 14.7. The molecule has 0 spiro atoms. The maximum Gasteiger partial charge on any atom is 0.211 e. The summed E-state index contributed by atoms with van der Waals surface area (Å²) in [5.41, 5.74) is 3.55. The highest BCUT2D eigenvalue weighted by Gasteiger charge is 2.22. The van der Waals surface area contributed by atoms with Crippen LogP contribution in [0.5, 0.6) is 11.5 Å². The van der Waals surface area contributed by atoms with Crippen molar-refractivity contribution < 1.29 is 19.4 Å². The van der Waals surface area contributed by atoms with Crippen LogP contribution in [-0.2, 0) is 11.3 Å². The molecule has 0 saturated carbocycles. The number of methoxy groups -OCH3 is 1. The summed E-state index contributed by atoms with van der Waals surface area (Å²) in [6.45, 7) is 0.641. The van der Waals surface area contributed by atoms with E-state index in [2.05, 4.69) is 9.98 Å². The van der Waals surface area contributed by atoms with Crippen molar-refractivity contribution in [1.82, 2.24) is 10.5 Å². The summed E-state index contributed by atoms with van der Waals surface area (Å²) in [5.74, 6) is 1.44. The van der Waals surface area contributed by atoms with Crippen LogP contribution < -0.4 is 15.0 Å². The number of aromatic nitrogens is 1. The molecule has 1 aliphatic rings. The minimum atomic E-state index is 0.182. The van der Waals surface area contributed by atoms with Gasteiger partial charge in [0, 0.05) is 12.7 Å². The van der Waals surface area contributed by atoms with Gasteiger partial charge in [-0.2, -0.15) is 0 Å². The lowest BCUT2D eigenvalue weighted by atomic mass is 10.1. The predicted molar refractivity (Wildman–Crippen MR) is 77.5 cm³/mol. The molecular formula is C13H13N3O4S. The molecule has 7 nitrogen and oxygen atoms in total. The monoisotopic (exact) mass is 307 g/mol. The average molecular weight is 307 g/mol. The zero-order valence-corrected chi connectivity index (χ0v) is 12.0. The van der Waals surface area contributed by atoms with Gasteiger partial charge in [-0.1, -0.05) is 11.3 Å². The quantitative estimate of drug-likeness (QED) is 0.382. The molecule has 0 atom stereocenters. The first-order valence-corrected chi connectivity index (χ1v) is 6.94. The van der Waals surface area contributed by atoms with Gasteiger partial charge in [-0.25, -0.2) is 9.98 Å². The van der Waals surface area contributed by atoms with Crippen molar-refractivity contribution in [3.05, 3.63) is 23.1 Å². The Balaban J connectivity index is 1.95. The molecule has 0 unspecified atom stereocenters. The summed E-state index contributed by atoms with van der Waals surface area (Å²) in [7, 11) is 1.57. The summed E-state index contributed by atoms with van der Waals surface area (Å²) in [5, 5.41) is 9.07. The van der Waals surface area contributed by atoms with E-state index in [-0.39, 0.29) is 6.79 Å². The molecule has 2 heterocycles. The average Bonchev–Trinajstić information content (AvgIpc) is 2.94. The standard InChI is InChI=1S/C13H13N3O4S/c1-18-7-20-8-2-3-10-9(4-8)12-11(5-19-10)21-13(16-12)14-6-15-17/h2-4,6,17H,5,7H2,1H3,(H,14,15,16). The third-order valence-electron chi connectivity index (χ3n) is 2.83. The van der Waals surface area contributed by atoms with E-state index in [4.69, 9.17) is 19.4 Å². The molecule has 110 valence electrons. The number of nitrogens with zero attached hydrogens (tertiary/aromatic N) is 2. The Morgan fingerprint density at radius 2 is 2.48 bits per heavy atom. The van der Waals surface area contributed by atoms with E-state index in [9.17, 15) is 0 Å². The van der Waals surface area contributed by atoms with Crippen LogP contribution in [0, 0.1) is 0 Å². The largest absolute Gasteiger partial charge is 0.487 e. The number of thiazole rings is 1. The van der Waals surface area contributed by atoms with Crippen LogP contribution in [0.4, 0.5) is 5.13 Å². The summed E-state index contributed by atoms with van der Waals surface area (Å²) >= 11 is 1.41. The van der Waals surface area contributed by atoms with Gasteiger partial charge in [-0.15, -0.1) is 0 Å². The Hall–Kier alpha value is -2.16. The maximum atomic E-state index is 8.53. The lowest BCUT2D eigenvalue weighted by Crippen LogP contribution is -2.04. The van der Waals surface area contributed by atoms with Gasteiger partial charge in [0.2, 0.25) is 5.13 Å². The van der Waals surface area contributed by atoms with E-state index in [1.165, 1.54) is 17.7 Å². The lowest BCUT2D eigenvalue weighted by Gasteiger charge is -2.17. The van der Waals surface area contributed by atoms with E-state index in [0.717, 1.165) is 21.9 Å². The molecule has 2 aromatic rings. The van der Waals surface area contributed by atoms with Crippen LogP contribution >= 0.6 is 11.3 Å². The van der Waals surface area contributed by atoms with Crippen LogP contribution in [0.1, 0.15) is 4.88 Å². The second-order valence-electron chi connectivity index (χ2n) is 4.15. The third-order valence-corrected chi connectivity index (χ3v) is 3.76. The summed E-state index contributed by atoms with van der Waals surface area (Å²) < 4.78 is 16.0. The van der Waals surface area contributed by atoms with E-state index in [0.29, 0.717) is 17.5 Å². The highest BCUT2D eigenvalue weighted by Crippen LogP contribution is 2.43. The van der Waals surface area contributed by atoms with Crippen molar-refractivity contribution in [1.29, 1.82) is 0 Å². The minimum absolute atomic E-state index is 0.182. The Labute approximate surface area is 124 Å². The molecule has 1 aromatic heterocycles. The first-order valence-electron chi connectivity index (χ1n) is 6.12. The second kappa shape index (κ2) is 6.08. The first-order chi connectivity index (χ1) is 10.3. The van der Waals surface area contributed by atoms with Gasteiger partial charge in [-0.3, -0.25) is 10.7 Å². The number of hydrogen-bond acceptors (Lipinski definition) is 7. The first kappa shape index (κ1) is 13.8. The number of aliphatic imine (C=N–C) groups is 1. The summed E-state index contributed by atoms with van der Waals surface area (Å²) in [6, 6.07) is 5.54. The lowest BCUT2D eigenvalue weighted by molar-refractivity contribution is 0.0511. The Kier molecular flexibility index (Phi) is 4.00. The minimum Gasteiger partial charge on any atom is -0.487 e. The highest BCUT2D eigenvalue weighted by atomic mass is 32.1. The number of nitrogens with one attached hydrogen (secondary N) is 1. The molecule has 1 aromatic carbocycles. The van der Waals surface area contributed by atoms with Crippen LogP contribution in [0.2, 0.25) is 0 Å². The number of ether oxygens (including phenoxy) is 3. The Bertz CT molecular complexity index is 671. The van der Waals surface area contributed by atoms with Crippen molar-refractivity contribution in [2.75, 3.05) is 13.9 Å². The third kappa shape index (κ3) is 2.82. The van der Waals surface area contributed by atoms with Gasteiger partial charge < -0.3 is 14.2 Å². The summed E-state index contributed by atoms with van der Waals surface area (Å²) in [4.78, 5) is 9.43. The molecule has 0 fully saturated rings. The van der Waals surface area contributed by atoms with E-state index in [1.54, 1.807) is 7.11 Å². The molecule has 2 N–H and O–H groups in total. The normalized spacial score (nSPS) is 12.7. The topological polar surface area (TPSA) is 85.2 Å². The van der Waals surface area contributed by atoms with E-state index < -0.39 is 0 Å². The number of hydrogen-bond donors (Lipinski definition) is 2. The Morgan fingerprint density at radius 1 is 1.57 bits per heavy atom. The van der Waals surface area contributed by atoms with Crippen molar-refractivity contribution in [2.45, 2.75) is 6.61 Å². The van der Waals surface area contributed by atoms with Gasteiger partial charge in [0.05, 0.1) is 10.6 Å². The van der Waals surface area contributed by atoms with Crippen molar-refractivity contribution in [2.24, 2.45) is 4.99 Å². The summed E-state index contributed by atoms with van der Waals surface area (Å²) in [6.07, 6.45) is 1.17. The molecule has 0 radical (unpaired) electrons. The fourth-order valence-electron chi connectivity index (χ4n) is 1.97. The molecule has 0 aliphatic carbocycles. The molecule has 8 heteroatoms. The van der Waals surface area contributed by atoms with Crippen molar-refractivity contribution in [3.63, 3.8) is 0 Å². The fourth-order valence-corrected chi connectivity index (χ4v) is 2.80. The molecule has 0 saturated heterocycles. The van der Waals surface area contributed by atoms with Gasteiger partial charge in [0.15, 0.2) is 6.79 Å². The van der Waals surface area contributed by atoms with E-state index >= 15 is 0 Å². The highest BCUT2D eigenvalue weighted by molar-refractivity contribution is 7.15. The predicted octanol–water partition coefficient (Wildman–Crippen LogP) is 2.32. The second-order valence-corrected chi connectivity index (χ2v) is 5.22. The molecule has 21 heavy (non-hydrogen) atoms. The van der Waals surface area contributed by atoms with Gasteiger partial charge in [-0.05, 0) is 18.2 Å². The van der Waals surface area contributed by atoms with Crippen molar-refractivity contribution >= 4 is 22.8 Å².